The second-order valence-electron chi connectivity index (χ2n) is 13.1. The van der Waals surface area contributed by atoms with Gasteiger partial charge in [-0.3, -0.25) is 0 Å². The first-order valence-corrected chi connectivity index (χ1v) is 24.1. The number of hydrogen-bond donors (Lipinski definition) is 0. The Kier molecular flexibility index (Phi) is 7.21. The second-order valence-corrected chi connectivity index (χ2v) is 25.7. The van der Waals surface area contributed by atoms with Crippen molar-refractivity contribution in [2.24, 2.45) is 0 Å². The van der Waals surface area contributed by atoms with Crippen LogP contribution in [0.25, 0.3) is 45.6 Å². The van der Waals surface area contributed by atoms with Gasteiger partial charge in [0.2, 0.25) is 0 Å². The van der Waals surface area contributed by atoms with Crippen LogP contribution in [0.15, 0.2) is 121 Å². The van der Waals surface area contributed by atoms with E-state index in [-0.39, 0.29) is 0 Å². The van der Waals surface area contributed by atoms with Crippen molar-refractivity contribution in [3.05, 3.63) is 163 Å². The van der Waals surface area contributed by atoms with Gasteiger partial charge >= 0.3 is 279 Å². The van der Waals surface area contributed by atoms with Crippen LogP contribution in [-0.2, 0) is 0 Å². The summed E-state index contributed by atoms with van der Waals surface area (Å²) in [5, 5.41) is 0. The molecule has 0 bridgehead atoms. The molecule has 0 saturated heterocycles. The first-order valence-electron chi connectivity index (χ1n) is 15.8. The molecule has 2 unspecified atom stereocenters. The van der Waals surface area contributed by atoms with E-state index in [9.17, 15) is 0 Å². The van der Waals surface area contributed by atoms with Crippen LogP contribution in [0, 0.1) is 13.8 Å². The maximum atomic E-state index is 2.71. The molecule has 0 aliphatic heterocycles. The Morgan fingerprint density at radius 1 is 0.467 bits per heavy atom. The molecule has 0 amide bonds. The summed E-state index contributed by atoms with van der Waals surface area (Å²) in [6, 6.07) is 45.4. The van der Waals surface area contributed by atoms with Crippen LogP contribution in [0.2, 0.25) is 11.5 Å². The zero-order chi connectivity index (χ0) is 30.7. The Morgan fingerprint density at radius 3 is 1.27 bits per heavy atom. The minimum absolute atomic E-state index is 0.419. The molecule has 0 nitrogen and oxygen atoms in total. The number of rotatable bonds is 6. The molecule has 2 heterocycles. The van der Waals surface area contributed by atoms with Gasteiger partial charge in [0.05, 0.1) is 0 Å². The van der Waals surface area contributed by atoms with Crippen LogP contribution < -0.4 is 0 Å². The Hall–Kier alpha value is -3.70. The van der Waals surface area contributed by atoms with Crippen molar-refractivity contribution >= 4 is 59.2 Å². The van der Waals surface area contributed by atoms with Crippen molar-refractivity contribution in [3.8, 4) is 22.3 Å². The number of allylic oxidation sites excluding steroid dienone is 2. The summed E-state index contributed by atoms with van der Waals surface area (Å²) < 4.78 is 0.838. The summed E-state index contributed by atoms with van der Waals surface area (Å²) in [7, 11) is 0. The number of fused-ring (bicyclic) bond motifs is 2. The molecule has 2 aromatic heterocycles. The van der Waals surface area contributed by atoms with Gasteiger partial charge in [0.15, 0.2) is 0 Å². The minimum atomic E-state index is -2.90. The van der Waals surface area contributed by atoms with E-state index in [0.717, 1.165) is 0 Å². The maximum absolute atomic E-state index is 2.90. The van der Waals surface area contributed by atoms with E-state index in [2.05, 4.69) is 159 Å². The molecule has 0 spiro atoms. The van der Waals surface area contributed by atoms with Crippen LogP contribution in [0.4, 0.5) is 0 Å². The average Bonchev–Trinajstić information content (AvgIpc) is 3.85. The Bertz CT molecular complexity index is 1960. The summed E-state index contributed by atoms with van der Waals surface area (Å²) >= 11 is 1.01. The van der Waals surface area contributed by atoms with E-state index >= 15 is 0 Å². The van der Waals surface area contributed by atoms with Gasteiger partial charge in [0.1, 0.15) is 0 Å². The van der Waals surface area contributed by atoms with E-state index in [1.807, 2.05) is 22.7 Å². The third-order valence-electron chi connectivity index (χ3n) is 9.83. The summed E-state index contributed by atoms with van der Waals surface area (Å²) in [6.45, 7) is 4.48. The summed E-state index contributed by atoms with van der Waals surface area (Å²) in [6.07, 6.45) is 5.13. The van der Waals surface area contributed by atoms with Crippen LogP contribution in [0.3, 0.4) is 0 Å². The van der Waals surface area contributed by atoms with Crippen LogP contribution in [-0.4, -0.2) is 13.3 Å². The Balaban J connectivity index is 1.35. The fourth-order valence-electron chi connectivity index (χ4n) is 7.92. The zero-order valence-corrected chi connectivity index (χ0v) is 29.9. The fourth-order valence-corrected chi connectivity index (χ4v) is 19.7. The molecular weight excluding hydrogens is 641 g/mol. The predicted octanol–water partition coefficient (Wildman–Crippen LogP) is 12.5. The molecule has 2 atom stereocenters. The van der Waals surface area contributed by atoms with Crippen molar-refractivity contribution in [1.82, 2.24) is 0 Å². The fraction of sp³-hybridized carbons (Fsp3) is 0.143. The molecule has 0 fully saturated rings. The molecular formula is C42H36GeS2. The Morgan fingerprint density at radius 2 is 0.889 bits per heavy atom. The molecule has 0 radical (unpaired) electrons. The molecule has 0 saturated carbocycles. The van der Waals surface area contributed by atoms with Crippen molar-refractivity contribution in [1.29, 1.82) is 0 Å². The first-order chi connectivity index (χ1) is 21.9. The van der Waals surface area contributed by atoms with Gasteiger partial charge in [-0.05, 0) is 0 Å². The quantitative estimate of drug-likeness (QED) is 0.154. The molecule has 4 aromatic carbocycles. The van der Waals surface area contributed by atoms with Gasteiger partial charge in [0, 0.05) is 0 Å². The van der Waals surface area contributed by atoms with Gasteiger partial charge in [-0.25, -0.2) is 0 Å². The van der Waals surface area contributed by atoms with E-state index in [1.165, 1.54) is 75.2 Å². The predicted molar refractivity (Wildman–Crippen MR) is 201 cm³/mol. The Labute approximate surface area is 277 Å². The van der Waals surface area contributed by atoms with E-state index < -0.39 is 13.3 Å². The van der Waals surface area contributed by atoms with Gasteiger partial charge in [-0.15, -0.1) is 0 Å². The average molecular weight is 677 g/mol. The number of thiophene rings is 2. The number of benzene rings is 4. The normalized spacial score (nSPS) is 17.2. The molecule has 2 aliphatic rings. The van der Waals surface area contributed by atoms with Crippen molar-refractivity contribution in [3.63, 3.8) is 0 Å². The van der Waals surface area contributed by atoms with Gasteiger partial charge in [-0.1, -0.05) is 0 Å². The van der Waals surface area contributed by atoms with Crippen molar-refractivity contribution < 1.29 is 0 Å². The topological polar surface area (TPSA) is 0 Å². The van der Waals surface area contributed by atoms with Crippen molar-refractivity contribution in [2.45, 2.75) is 34.9 Å². The van der Waals surface area contributed by atoms with Crippen molar-refractivity contribution in [2.75, 3.05) is 0 Å². The van der Waals surface area contributed by atoms with Crippen LogP contribution in [0.1, 0.15) is 51.3 Å². The first kappa shape index (κ1) is 28.8. The number of aryl methyl sites for hydroxylation is 2. The summed E-state index contributed by atoms with van der Waals surface area (Å²) in [5.74, 6) is 5.43. The molecule has 8 rings (SSSR count). The SMILES string of the molecule is Cc1ccc(C2=Cc3c(-c4ccccc4)cccc3[CH]2[Ge]([CH3])([CH3])[CH]2C(c3ccc(C)s3)=Cc3c(-c4ccccc4)cccc32)s1. The van der Waals surface area contributed by atoms with E-state index in [4.69, 9.17) is 0 Å². The van der Waals surface area contributed by atoms with E-state index in [0.29, 0.717) is 9.50 Å². The van der Waals surface area contributed by atoms with Gasteiger partial charge in [-0.2, -0.15) is 0 Å². The van der Waals surface area contributed by atoms with Gasteiger partial charge < -0.3 is 0 Å². The summed E-state index contributed by atoms with van der Waals surface area (Å²) in [5.41, 5.74) is 14.2. The third kappa shape index (κ3) is 4.86. The molecule has 45 heavy (non-hydrogen) atoms. The third-order valence-corrected chi connectivity index (χ3v) is 20.8. The van der Waals surface area contributed by atoms with Crippen LogP contribution >= 0.6 is 22.7 Å². The monoisotopic (exact) mass is 678 g/mol. The summed E-state index contributed by atoms with van der Waals surface area (Å²) in [4.78, 5) is 5.62. The van der Waals surface area contributed by atoms with E-state index in [1.54, 1.807) is 0 Å². The molecule has 220 valence electrons. The van der Waals surface area contributed by atoms with Crippen LogP contribution in [0.5, 0.6) is 0 Å². The molecule has 0 N–H and O–H groups in total. The molecule has 6 aromatic rings. The second kappa shape index (κ2) is 11.3. The standard InChI is InChI=1S/C42H36GeS2/c1-27-21-23-39(44-27)37-25-35-31(29-13-7-5-8-14-29)17-11-19-33(35)41(37)43(3,4)42-34-20-12-18-32(30-15-9-6-10-16-30)36(34)26-38(42)40-24-22-28(2)45-40/h5-26,41-42H,1-4H3. The molecule has 2 aliphatic carbocycles. The van der Waals surface area contributed by atoms with Gasteiger partial charge in [0.25, 0.3) is 0 Å². The molecule has 3 heteroatoms. The number of hydrogen-bond acceptors (Lipinski definition) is 2. The zero-order valence-electron chi connectivity index (χ0n) is 26.2.